The summed E-state index contributed by atoms with van der Waals surface area (Å²) in [5.41, 5.74) is 2.46. The fourth-order valence-corrected chi connectivity index (χ4v) is 4.40. The van der Waals surface area contributed by atoms with Crippen LogP contribution in [0.3, 0.4) is 0 Å². The first-order chi connectivity index (χ1) is 16.2. The summed E-state index contributed by atoms with van der Waals surface area (Å²) in [4.78, 5) is 36.4. The van der Waals surface area contributed by atoms with Crippen LogP contribution in [0, 0.1) is 5.92 Å². The normalized spacial score (nSPS) is 13.5. The number of thiophene rings is 1. The molecule has 1 aromatic carbocycles. The fraction of sp³-hybridized carbons (Fsp3) is 0.208. The number of nitrogens with one attached hydrogen (secondary N) is 1. The zero-order valence-electron chi connectivity index (χ0n) is 17.8. The van der Waals surface area contributed by atoms with Crippen LogP contribution in [0.4, 0.5) is 5.82 Å². The lowest BCUT2D eigenvalue weighted by Crippen LogP contribution is -2.54. The first kappa shape index (κ1) is 21.0. The highest BCUT2D eigenvalue weighted by Gasteiger charge is 2.33. The molecule has 5 rings (SSSR count). The van der Waals surface area contributed by atoms with E-state index in [2.05, 4.69) is 25.3 Å². The highest BCUT2D eigenvalue weighted by molar-refractivity contribution is 7.13. The quantitative estimate of drug-likeness (QED) is 0.458. The predicted molar refractivity (Wildman–Crippen MR) is 128 cm³/mol. The van der Waals surface area contributed by atoms with E-state index in [1.807, 2.05) is 53.9 Å². The lowest BCUT2D eigenvalue weighted by atomic mass is 9.99. The minimum absolute atomic E-state index is 0.0222. The Morgan fingerprint density at radius 2 is 1.88 bits per heavy atom. The number of carbonyl (C=O) groups is 1. The minimum Gasteiger partial charge on any atom is -0.355 e. The summed E-state index contributed by atoms with van der Waals surface area (Å²) in [5.74, 6) is 0.683. The summed E-state index contributed by atoms with van der Waals surface area (Å²) in [7, 11) is 0. The SMILES string of the molecule is O=C(NCCn1nc(-c2cccs2)ccc1=O)C1CN(c2cc(-c3ccccc3)ncn2)C1. The van der Waals surface area contributed by atoms with Crippen molar-refractivity contribution in [2.45, 2.75) is 6.54 Å². The Hall–Kier alpha value is -3.85. The van der Waals surface area contributed by atoms with Crippen molar-refractivity contribution < 1.29 is 4.79 Å². The molecule has 0 unspecified atom stereocenters. The van der Waals surface area contributed by atoms with E-state index in [0.717, 1.165) is 27.6 Å². The second-order valence-electron chi connectivity index (χ2n) is 7.78. The van der Waals surface area contributed by atoms with E-state index in [4.69, 9.17) is 0 Å². The Balaban J connectivity index is 1.14. The number of benzene rings is 1. The summed E-state index contributed by atoms with van der Waals surface area (Å²) >= 11 is 1.57. The van der Waals surface area contributed by atoms with E-state index in [9.17, 15) is 9.59 Å². The van der Waals surface area contributed by atoms with Gasteiger partial charge in [-0.05, 0) is 17.5 Å². The maximum absolute atomic E-state index is 12.5. The van der Waals surface area contributed by atoms with Crippen molar-refractivity contribution in [2.24, 2.45) is 5.92 Å². The van der Waals surface area contributed by atoms with E-state index < -0.39 is 0 Å². The molecule has 4 aromatic rings. The van der Waals surface area contributed by atoms with Crippen LogP contribution >= 0.6 is 11.3 Å². The van der Waals surface area contributed by atoms with Crippen molar-refractivity contribution in [1.82, 2.24) is 25.1 Å². The third kappa shape index (κ3) is 4.68. The van der Waals surface area contributed by atoms with E-state index in [1.165, 1.54) is 10.7 Å². The van der Waals surface area contributed by atoms with Gasteiger partial charge in [0.15, 0.2) is 0 Å². The Bertz CT molecular complexity index is 1300. The van der Waals surface area contributed by atoms with Crippen molar-refractivity contribution in [3.63, 3.8) is 0 Å². The predicted octanol–water partition coefficient (Wildman–Crippen LogP) is 2.68. The maximum atomic E-state index is 12.5. The smallest absolute Gasteiger partial charge is 0.266 e. The van der Waals surface area contributed by atoms with E-state index >= 15 is 0 Å². The van der Waals surface area contributed by atoms with Gasteiger partial charge in [-0.15, -0.1) is 11.3 Å². The van der Waals surface area contributed by atoms with E-state index in [0.29, 0.717) is 26.2 Å². The molecule has 0 atom stereocenters. The van der Waals surface area contributed by atoms with Crippen molar-refractivity contribution in [3.8, 4) is 21.8 Å². The number of amides is 1. The molecule has 1 amide bonds. The lowest BCUT2D eigenvalue weighted by Gasteiger charge is -2.39. The van der Waals surface area contributed by atoms with Crippen LogP contribution in [0.25, 0.3) is 21.8 Å². The number of nitrogens with zero attached hydrogens (tertiary/aromatic N) is 5. The van der Waals surface area contributed by atoms with Crippen molar-refractivity contribution in [1.29, 1.82) is 0 Å². The lowest BCUT2D eigenvalue weighted by molar-refractivity contribution is -0.125. The molecule has 1 fully saturated rings. The number of rotatable bonds is 7. The van der Waals surface area contributed by atoms with Crippen molar-refractivity contribution in [2.75, 3.05) is 24.5 Å². The summed E-state index contributed by atoms with van der Waals surface area (Å²) in [6.45, 7) is 1.88. The van der Waals surface area contributed by atoms with Crippen molar-refractivity contribution in [3.05, 3.63) is 82.7 Å². The molecule has 3 aromatic heterocycles. The van der Waals surface area contributed by atoms with E-state index in [1.54, 1.807) is 23.7 Å². The summed E-state index contributed by atoms with van der Waals surface area (Å²) < 4.78 is 1.40. The fourth-order valence-electron chi connectivity index (χ4n) is 3.71. The molecule has 1 aliphatic rings. The molecule has 0 saturated carbocycles. The molecule has 33 heavy (non-hydrogen) atoms. The standard InChI is InChI=1S/C24H22N6O2S/c31-23-9-8-19(21-7-4-12-33-21)28-30(23)11-10-25-24(32)18-14-29(15-18)22-13-20(26-16-27-22)17-5-2-1-3-6-17/h1-9,12-13,16,18H,10-11,14-15H2,(H,25,32). The Morgan fingerprint density at radius 1 is 1.03 bits per heavy atom. The van der Waals surface area contributed by atoms with Crippen LogP contribution in [0.1, 0.15) is 0 Å². The number of carbonyl (C=O) groups excluding carboxylic acids is 1. The minimum atomic E-state index is -0.183. The second-order valence-corrected chi connectivity index (χ2v) is 8.73. The topological polar surface area (TPSA) is 93.0 Å². The van der Waals surface area contributed by atoms with Crippen LogP contribution < -0.4 is 15.8 Å². The highest BCUT2D eigenvalue weighted by Crippen LogP contribution is 2.26. The van der Waals surface area contributed by atoms with Gasteiger partial charge in [0.05, 0.1) is 23.0 Å². The second kappa shape index (κ2) is 9.33. The van der Waals surface area contributed by atoms with Crippen LogP contribution in [-0.4, -0.2) is 45.3 Å². The molecule has 1 N–H and O–H groups in total. The van der Waals surface area contributed by atoms with Gasteiger partial charge in [0, 0.05) is 37.3 Å². The summed E-state index contributed by atoms with van der Waals surface area (Å²) in [6, 6.07) is 19.0. The van der Waals surface area contributed by atoms with Gasteiger partial charge in [-0.25, -0.2) is 14.6 Å². The van der Waals surface area contributed by atoms with Gasteiger partial charge >= 0.3 is 0 Å². The molecular formula is C24H22N6O2S. The summed E-state index contributed by atoms with van der Waals surface area (Å²) in [6.07, 6.45) is 1.56. The molecule has 9 heteroatoms. The first-order valence-electron chi connectivity index (χ1n) is 10.7. The Labute approximate surface area is 194 Å². The van der Waals surface area contributed by atoms with Gasteiger partial charge in [0.25, 0.3) is 5.56 Å². The molecule has 4 heterocycles. The van der Waals surface area contributed by atoms with Crippen LogP contribution in [0.5, 0.6) is 0 Å². The van der Waals surface area contributed by atoms with Crippen LogP contribution in [0.2, 0.25) is 0 Å². The number of aromatic nitrogens is 4. The monoisotopic (exact) mass is 458 g/mol. The average Bonchev–Trinajstić information content (AvgIpc) is 3.35. The Morgan fingerprint density at radius 3 is 2.67 bits per heavy atom. The average molecular weight is 459 g/mol. The van der Waals surface area contributed by atoms with Crippen LogP contribution in [0.15, 0.2) is 77.2 Å². The van der Waals surface area contributed by atoms with E-state index in [-0.39, 0.29) is 17.4 Å². The molecule has 0 spiro atoms. The van der Waals surface area contributed by atoms with Gasteiger partial charge in [-0.1, -0.05) is 36.4 Å². The zero-order chi connectivity index (χ0) is 22.6. The summed E-state index contributed by atoms with van der Waals surface area (Å²) in [5, 5.41) is 9.32. The number of hydrogen-bond donors (Lipinski definition) is 1. The molecule has 8 nitrogen and oxygen atoms in total. The van der Waals surface area contributed by atoms with Crippen molar-refractivity contribution >= 4 is 23.1 Å². The van der Waals surface area contributed by atoms with Gasteiger partial charge in [-0.3, -0.25) is 9.59 Å². The zero-order valence-corrected chi connectivity index (χ0v) is 18.6. The molecule has 166 valence electrons. The highest BCUT2D eigenvalue weighted by atomic mass is 32.1. The molecule has 0 bridgehead atoms. The third-order valence-electron chi connectivity index (χ3n) is 5.56. The largest absolute Gasteiger partial charge is 0.355 e. The Kier molecular flexibility index (Phi) is 5.95. The van der Waals surface area contributed by atoms with Gasteiger partial charge < -0.3 is 10.2 Å². The number of hydrogen-bond acceptors (Lipinski definition) is 7. The third-order valence-corrected chi connectivity index (χ3v) is 6.45. The van der Waals surface area contributed by atoms with Gasteiger partial charge in [0.1, 0.15) is 17.8 Å². The molecule has 1 saturated heterocycles. The molecule has 0 aliphatic carbocycles. The molecular weight excluding hydrogens is 436 g/mol. The number of anilines is 1. The maximum Gasteiger partial charge on any atom is 0.266 e. The van der Waals surface area contributed by atoms with Gasteiger partial charge in [-0.2, -0.15) is 5.10 Å². The molecule has 1 aliphatic heterocycles. The van der Waals surface area contributed by atoms with Gasteiger partial charge in [0.2, 0.25) is 5.91 Å². The van der Waals surface area contributed by atoms with Crippen LogP contribution in [-0.2, 0) is 11.3 Å². The first-order valence-corrected chi connectivity index (χ1v) is 11.6. The molecule has 0 radical (unpaired) electrons.